The van der Waals surface area contributed by atoms with E-state index in [4.69, 9.17) is 0 Å². The van der Waals surface area contributed by atoms with Crippen molar-refractivity contribution in [2.45, 2.75) is 88.6 Å². The van der Waals surface area contributed by atoms with Gasteiger partial charge >= 0.3 is 0 Å². The second-order valence-electron chi connectivity index (χ2n) is 6.87. The summed E-state index contributed by atoms with van der Waals surface area (Å²) >= 11 is 0. The number of rotatable bonds is 0. The average molecular weight is 237 g/mol. The van der Waals surface area contributed by atoms with Gasteiger partial charge in [0.2, 0.25) is 0 Å². The van der Waals surface area contributed by atoms with Crippen LogP contribution in [0.5, 0.6) is 0 Å². The molecule has 3 fully saturated rings. The van der Waals surface area contributed by atoms with Gasteiger partial charge in [0.1, 0.15) is 0 Å². The van der Waals surface area contributed by atoms with Crippen molar-refractivity contribution in [3.05, 3.63) is 0 Å². The molecule has 2 heteroatoms. The summed E-state index contributed by atoms with van der Waals surface area (Å²) in [4.78, 5) is 0. The third-order valence-corrected chi connectivity index (χ3v) is 5.98. The lowest BCUT2D eigenvalue weighted by molar-refractivity contribution is -0.231. The summed E-state index contributed by atoms with van der Waals surface area (Å²) in [5.41, 5.74) is 0.310. The lowest BCUT2D eigenvalue weighted by Crippen LogP contribution is -2.54. The lowest BCUT2D eigenvalue weighted by atomic mass is 9.74. The van der Waals surface area contributed by atoms with Crippen molar-refractivity contribution in [2.75, 3.05) is 0 Å². The van der Waals surface area contributed by atoms with E-state index in [1.807, 2.05) is 5.06 Å². The molecule has 0 aromatic heterocycles. The van der Waals surface area contributed by atoms with Crippen LogP contribution in [0.4, 0.5) is 0 Å². The first-order chi connectivity index (χ1) is 8.20. The van der Waals surface area contributed by atoms with E-state index in [2.05, 4.69) is 6.92 Å². The second kappa shape index (κ2) is 4.24. The van der Waals surface area contributed by atoms with Gasteiger partial charge in [0, 0.05) is 11.1 Å². The number of hydroxylamine groups is 2. The Morgan fingerprint density at radius 1 is 0.882 bits per heavy atom. The maximum atomic E-state index is 10.9. The van der Waals surface area contributed by atoms with Gasteiger partial charge in [-0.05, 0) is 38.0 Å². The molecule has 1 atom stereocenters. The molecule has 2 aliphatic carbocycles. The Labute approximate surface area is 105 Å². The molecule has 1 unspecified atom stereocenters. The summed E-state index contributed by atoms with van der Waals surface area (Å²) in [7, 11) is 0. The summed E-state index contributed by atoms with van der Waals surface area (Å²) in [5.74, 6) is 0.686. The highest BCUT2D eigenvalue weighted by atomic mass is 16.5. The molecule has 0 radical (unpaired) electrons. The van der Waals surface area contributed by atoms with Gasteiger partial charge < -0.3 is 5.21 Å². The summed E-state index contributed by atoms with van der Waals surface area (Å²) in [6, 6.07) is 0. The van der Waals surface area contributed by atoms with Gasteiger partial charge in [0.05, 0.1) is 0 Å². The molecule has 3 aliphatic rings. The maximum Gasteiger partial charge on any atom is 0.0493 e. The van der Waals surface area contributed by atoms with Crippen LogP contribution in [0.2, 0.25) is 0 Å². The van der Waals surface area contributed by atoms with E-state index in [0.29, 0.717) is 5.92 Å². The van der Waals surface area contributed by atoms with E-state index in [1.54, 1.807) is 0 Å². The summed E-state index contributed by atoms with van der Waals surface area (Å²) in [6.07, 6.45) is 14.2. The predicted molar refractivity (Wildman–Crippen MR) is 69.0 cm³/mol. The first kappa shape index (κ1) is 12.0. The monoisotopic (exact) mass is 237 g/mol. The van der Waals surface area contributed by atoms with E-state index in [-0.39, 0.29) is 11.1 Å². The number of hydrogen-bond acceptors (Lipinski definition) is 2. The van der Waals surface area contributed by atoms with Crippen LogP contribution in [0.3, 0.4) is 0 Å². The Morgan fingerprint density at radius 2 is 1.41 bits per heavy atom. The van der Waals surface area contributed by atoms with Crippen LogP contribution in [-0.4, -0.2) is 21.3 Å². The Kier molecular flexibility index (Phi) is 2.99. The minimum absolute atomic E-state index is 0.148. The van der Waals surface area contributed by atoms with E-state index in [0.717, 1.165) is 0 Å². The molecule has 2 spiro atoms. The van der Waals surface area contributed by atoms with Gasteiger partial charge in [-0.3, -0.25) is 0 Å². The Hall–Kier alpha value is -0.0800. The first-order valence-electron chi connectivity index (χ1n) is 7.69. The topological polar surface area (TPSA) is 23.5 Å². The van der Waals surface area contributed by atoms with Crippen LogP contribution >= 0.6 is 0 Å². The van der Waals surface area contributed by atoms with Crippen molar-refractivity contribution in [2.24, 2.45) is 5.92 Å². The molecule has 0 aromatic carbocycles. The second-order valence-corrected chi connectivity index (χ2v) is 6.87. The van der Waals surface area contributed by atoms with Crippen molar-refractivity contribution in [3.63, 3.8) is 0 Å². The van der Waals surface area contributed by atoms with Crippen LogP contribution in [0.25, 0.3) is 0 Å². The zero-order chi connectivity index (χ0) is 11.9. The van der Waals surface area contributed by atoms with E-state index in [9.17, 15) is 5.21 Å². The Morgan fingerprint density at radius 3 is 2.00 bits per heavy atom. The van der Waals surface area contributed by atoms with Crippen LogP contribution in [0.15, 0.2) is 0 Å². The minimum atomic E-state index is 0.148. The van der Waals surface area contributed by atoms with Crippen LogP contribution in [0, 0.1) is 5.92 Å². The van der Waals surface area contributed by atoms with Crippen LogP contribution in [0.1, 0.15) is 77.6 Å². The molecule has 0 aromatic rings. The molecule has 0 bridgehead atoms. The molecule has 1 aliphatic heterocycles. The third kappa shape index (κ3) is 1.67. The van der Waals surface area contributed by atoms with Gasteiger partial charge in [-0.15, -0.1) is 0 Å². The van der Waals surface area contributed by atoms with Crippen molar-refractivity contribution in [1.29, 1.82) is 0 Å². The number of nitrogens with zero attached hydrogens (tertiary/aromatic N) is 1. The maximum absolute atomic E-state index is 10.9. The Bertz CT molecular complexity index is 277. The molecule has 3 rings (SSSR count). The molecule has 1 saturated heterocycles. The summed E-state index contributed by atoms with van der Waals surface area (Å²) < 4.78 is 0. The molecule has 17 heavy (non-hydrogen) atoms. The van der Waals surface area contributed by atoms with Crippen molar-refractivity contribution >= 4 is 0 Å². The molecule has 98 valence electrons. The zero-order valence-electron chi connectivity index (χ0n) is 11.2. The highest BCUT2D eigenvalue weighted by Crippen LogP contribution is 2.55. The normalized spacial score (nSPS) is 36.7. The summed E-state index contributed by atoms with van der Waals surface area (Å²) in [5, 5.41) is 12.8. The third-order valence-electron chi connectivity index (χ3n) is 5.98. The number of hydrogen-bond donors (Lipinski definition) is 1. The molecular weight excluding hydrogens is 210 g/mol. The molecule has 2 nitrogen and oxygen atoms in total. The highest BCUT2D eigenvalue weighted by Gasteiger charge is 2.58. The van der Waals surface area contributed by atoms with Crippen molar-refractivity contribution in [1.82, 2.24) is 5.06 Å². The van der Waals surface area contributed by atoms with E-state index in [1.165, 1.54) is 70.6 Å². The van der Waals surface area contributed by atoms with Crippen molar-refractivity contribution in [3.8, 4) is 0 Å². The fraction of sp³-hybridized carbons (Fsp3) is 1.00. The van der Waals surface area contributed by atoms with Gasteiger partial charge in [-0.2, -0.15) is 5.06 Å². The largest absolute Gasteiger partial charge is 0.313 e. The van der Waals surface area contributed by atoms with E-state index < -0.39 is 0 Å². The predicted octanol–water partition coefficient (Wildman–Crippen LogP) is 4.12. The van der Waals surface area contributed by atoms with Crippen molar-refractivity contribution < 1.29 is 5.21 Å². The highest BCUT2D eigenvalue weighted by molar-refractivity contribution is 5.10. The fourth-order valence-corrected chi connectivity index (χ4v) is 5.02. The van der Waals surface area contributed by atoms with Gasteiger partial charge in [-0.25, -0.2) is 0 Å². The fourth-order valence-electron chi connectivity index (χ4n) is 5.02. The molecule has 1 heterocycles. The van der Waals surface area contributed by atoms with Gasteiger partial charge in [0.15, 0.2) is 0 Å². The smallest absolute Gasteiger partial charge is 0.0493 e. The Balaban J connectivity index is 1.86. The van der Waals surface area contributed by atoms with Gasteiger partial charge in [-0.1, -0.05) is 45.4 Å². The van der Waals surface area contributed by atoms with Gasteiger partial charge in [0.25, 0.3) is 0 Å². The first-order valence-corrected chi connectivity index (χ1v) is 7.69. The lowest BCUT2D eigenvalue weighted by Gasteiger charge is -2.47. The summed E-state index contributed by atoms with van der Waals surface area (Å²) in [6.45, 7) is 2.39. The molecular formula is C15H27NO. The standard InChI is InChI=1S/C15H27NO/c1-13-12-14(8-4-2-5-9-14)16(17)15(13)10-6-3-7-11-15/h13,17H,2-12H2,1H3. The quantitative estimate of drug-likeness (QED) is 0.685. The van der Waals surface area contributed by atoms with E-state index >= 15 is 0 Å². The minimum Gasteiger partial charge on any atom is -0.313 e. The SMILES string of the molecule is CC1CC2(CCCCC2)N(O)C12CCCCC2. The van der Waals surface area contributed by atoms with Crippen LogP contribution in [-0.2, 0) is 0 Å². The average Bonchev–Trinajstić information content (AvgIpc) is 2.55. The molecule has 1 N–H and O–H groups in total. The zero-order valence-corrected chi connectivity index (χ0v) is 11.2. The molecule has 2 saturated carbocycles. The van der Waals surface area contributed by atoms with Crippen LogP contribution < -0.4 is 0 Å². The molecule has 0 amide bonds.